The molecule has 2 N–H and O–H groups in total. The summed E-state index contributed by atoms with van der Waals surface area (Å²) in [6.07, 6.45) is 2.55. The zero-order chi connectivity index (χ0) is 20.2. The van der Waals surface area contributed by atoms with Crippen LogP contribution in [0.25, 0.3) is 0 Å². The SMILES string of the molecule is CN=C(NCCc1ccc(OC)cc1Cl)NCc1ccc(OCCOC)nc1.I. The van der Waals surface area contributed by atoms with Gasteiger partial charge >= 0.3 is 0 Å². The van der Waals surface area contributed by atoms with Crippen molar-refractivity contribution in [1.29, 1.82) is 0 Å². The zero-order valence-electron chi connectivity index (χ0n) is 16.9. The van der Waals surface area contributed by atoms with Gasteiger partial charge in [0.2, 0.25) is 5.88 Å². The maximum Gasteiger partial charge on any atom is 0.213 e. The largest absolute Gasteiger partial charge is 0.497 e. The number of ether oxygens (including phenoxy) is 3. The van der Waals surface area contributed by atoms with Crippen molar-refractivity contribution >= 4 is 41.5 Å². The van der Waals surface area contributed by atoms with Gasteiger partial charge in [-0.25, -0.2) is 4.98 Å². The molecular weight excluding hydrogens is 507 g/mol. The Labute approximate surface area is 194 Å². The van der Waals surface area contributed by atoms with Crippen LogP contribution in [0.5, 0.6) is 11.6 Å². The monoisotopic (exact) mass is 534 g/mol. The first-order valence-electron chi connectivity index (χ1n) is 9.00. The molecule has 1 aromatic heterocycles. The Hall–Kier alpha value is -1.78. The zero-order valence-corrected chi connectivity index (χ0v) is 20.0. The number of aromatic nitrogens is 1. The second-order valence-electron chi connectivity index (χ2n) is 5.91. The van der Waals surface area contributed by atoms with E-state index in [1.54, 1.807) is 27.5 Å². The molecule has 0 atom stereocenters. The van der Waals surface area contributed by atoms with Gasteiger partial charge in [0.05, 0.1) is 13.7 Å². The van der Waals surface area contributed by atoms with E-state index in [-0.39, 0.29) is 24.0 Å². The van der Waals surface area contributed by atoms with Crippen molar-refractivity contribution in [1.82, 2.24) is 15.6 Å². The standard InChI is InChI=1S/C20H27ClN4O3.HI/c1-22-20(23-9-8-16-5-6-17(27-3)12-18(16)21)25-14-15-4-7-19(24-13-15)28-11-10-26-2;/h4-7,12-13H,8-11,14H2,1-3H3,(H2,22,23,25);1H. The van der Waals surface area contributed by atoms with Crippen molar-refractivity contribution < 1.29 is 14.2 Å². The molecule has 2 aromatic rings. The fraction of sp³-hybridized carbons (Fsp3) is 0.400. The van der Waals surface area contributed by atoms with Gasteiger partial charge < -0.3 is 24.8 Å². The van der Waals surface area contributed by atoms with Gasteiger partial charge in [-0.1, -0.05) is 23.7 Å². The maximum atomic E-state index is 6.27. The molecular formula is C20H28ClIN4O3. The molecule has 0 fully saturated rings. The molecule has 0 bridgehead atoms. The second kappa shape index (κ2) is 14.2. The van der Waals surface area contributed by atoms with Gasteiger partial charge in [0, 0.05) is 44.5 Å². The molecule has 0 unspecified atom stereocenters. The lowest BCUT2D eigenvalue weighted by molar-refractivity contribution is 0.143. The number of nitrogens with zero attached hydrogens (tertiary/aromatic N) is 2. The minimum absolute atomic E-state index is 0. The van der Waals surface area contributed by atoms with E-state index in [0.29, 0.717) is 43.2 Å². The first kappa shape index (κ1) is 25.3. The molecule has 29 heavy (non-hydrogen) atoms. The van der Waals surface area contributed by atoms with E-state index in [0.717, 1.165) is 23.3 Å². The topological polar surface area (TPSA) is 77.0 Å². The number of pyridine rings is 1. The lowest BCUT2D eigenvalue weighted by Gasteiger charge is -2.13. The van der Waals surface area contributed by atoms with E-state index in [4.69, 9.17) is 25.8 Å². The Morgan fingerprint density at radius 3 is 2.59 bits per heavy atom. The quantitative estimate of drug-likeness (QED) is 0.211. The molecule has 160 valence electrons. The van der Waals surface area contributed by atoms with Crippen LogP contribution in [0, 0.1) is 0 Å². The minimum atomic E-state index is 0. The third kappa shape index (κ3) is 9.05. The van der Waals surface area contributed by atoms with Gasteiger partial charge in [-0.05, 0) is 29.7 Å². The highest BCUT2D eigenvalue weighted by molar-refractivity contribution is 14.0. The number of guanidine groups is 1. The Morgan fingerprint density at radius 2 is 1.97 bits per heavy atom. The summed E-state index contributed by atoms with van der Waals surface area (Å²) >= 11 is 6.27. The normalized spacial score (nSPS) is 10.8. The summed E-state index contributed by atoms with van der Waals surface area (Å²) in [5.74, 6) is 2.05. The van der Waals surface area contributed by atoms with Crippen LogP contribution in [0.15, 0.2) is 41.5 Å². The second-order valence-corrected chi connectivity index (χ2v) is 6.31. The highest BCUT2D eigenvalue weighted by Crippen LogP contribution is 2.22. The predicted octanol–water partition coefficient (Wildman–Crippen LogP) is 3.29. The number of hydrogen-bond donors (Lipinski definition) is 2. The van der Waals surface area contributed by atoms with Crippen molar-refractivity contribution in [2.24, 2.45) is 4.99 Å². The summed E-state index contributed by atoms with van der Waals surface area (Å²) in [5, 5.41) is 7.24. The Bertz CT molecular complexity index is 760. The van der Waals surface area contributed by atoms with Crippen LogP contribution in [0.1, 0.15) is 11.1 Å². The van der Waals surface area contributed by atoms with Gasteiger partial charge in [0.25, 0.3) is 0 Å². The summed E-state index contributed by atoms with van der Waals surface area (Å²) in [6.45, 7) is 2.33. The molecule has 0 radical (unpaired) electrons. The van der Waals surface area contributed by atoms with Crippen LogP contribution in [-0.4, -0.2) is 52.0 Å². The van der Waals surface area contributed by atoms with Crippen LogP contribution in [-0.2, 0) is 17.7 Å². The predicted molar refractivity (Wildman–Crippen MR) is 127 cm³/mol. The fourth-order valence-electron chi connectivity index (χ4n) is 2.41. The molecule has 0 aliphatic rings. The highest BCUT2D eigenvalue weighted by atomic mass is 127. The van der Waals surface area contributed by atoms with Gasteiger partial charge in [0.1, 0.15) is 12.4 Å². The third-order valence-electron chi connectivity index (χ3n) is 3.97. The van der Waals surface area contributed by atoms with Crippen LogP contribution < -0.4 is 20.1 Å². The molecule has 0 saturated heterocycles. The number of methoxy groups -OCH3 is 2. The summed E-state index contributed by atoms with van der Waals surface area (Å²) in [6, 6.07) is 9.51. The van der Waals surface area contributed by atoms with Crippen molar-refractivity contribution in [3.63, 3.8) is 0 Å². The van der Waals surface area contributed by atoms with Crippen LogP contribution in [0.3, 0.4) is 0 Å². The summed E-state index contributed by atoms with van der Waals surface area (Å²) < 4.78 is 15.6. The number of rotatable bonds is 10. The van der Waals surface area contributed by atoms with E-state index in [1.165, 1.54) is 0 Å². The molecule has 1 heterocycles. The number of nitrogens with one attached hydrogen (secondary N) is 2. The van der Waals surface area contributed by atoms with E-state index in [9.17, 15) is 0 Å². The van der Waals surface area contributed by atoms with E-state index in [2.05, 4.69) is 20.6 Å². The third-order valence-corrected chi connectivity index (χ3v) is 4.32. The molecule has 7 nitrogen and oxygen atoms in total. The molecule has 0 amide bonds. The molecule has 1 aromatic carbocycles. The average Bonchev–Trinajstić information content (AvgIpc) is 2.72. The number of hydrogen-bond acceptors (Lipinski definition) is 5. The van der Waals surface area contributed by atoms with Gasteiger partial charge in [0.15, 0.2) is 5.96 Å². The van der Waals surface area contributed by atoms with E-state index in [1.807, 2.05) is 30.3 Å². The number of aliphatic imine (C=N–C) groups is 1. The van der Waals surface area contributed by atoms with Crippen LogP contribution >= 0.6 is 35.6 Å². The lowest BCUT2D eigenvalue weighted by Crippen LogP contribution is -2.37. The first-order chi connectivity index (χ1) is 13.7. The lowest BCUT2D eigenvalue weighted by atomic mass is 10.1. The van der Waals surface area contributed by atoms with Crippen molar-refractivity contribution in [2.75, 3.05) is 41.0 Å². The minimum Gasteiger partial charge on any atom is -0.497 e. The smallest absolute Gasteiger partial charge is 0.213 e. The van der Waals surface area contributed by atoms with Gasteiger partial charge in [-0.3, -0.25) is 4.99 Å². The highest BCUT2D eigenvalue weighted by Gasteiger charge is 2.04. The van der Waals surface area contributed by atoms with Crippen LogP contribution in [0.4, 0.5) is 0 Å². The molecule has 0 aliphatic heterocycles. The number of benzene rings is 1. The Morgan fingerprint density at radius 1 is 1.14 bits per heavy atom. The van der Waals surface area contributed by atoms with E-state index < -0.39 is 0 Å². The number of halogens is 2. The van der Waals surface area contributed by atoms with Gasteiger partial charge in [-0.2, -0.15) is 0 Å². The Kier molecular flexibility index (Phi) is 12.4. The van der Waals surface area contributed by atoms with Crippen molar-refractivity contribution in [2.45, 2.75) is 13.0 Å². The van der Waals surface area contributed by atoms with Crippen LogP contribution in [0.2, 0.25) is 5.02 Å². The van der Waals surface area contributed by atoms with E-state index >= 15 is 0 Å². The van der Waals surface area contributed by atoms with Gasteiger partial charge in [-0.15, -0.1) is 24.0 Å². The molecule has 0 spiro atoms. The summed E-state index contributed by atoms with van der Waals surface area (Å²) in [5.41, 5.74) is 2.08. The average molecular weight is 535 g/mol. The van der Waals surface area contributed by atoms with Crippen molar-refractivity contribution in [3.8, 4) is 11.6 Å². The molecule has 0 saturated carbocycles. The molecule has 2 rings (SSSR count). The summed E-state index contributed by atoms with van der Waals surface area (Å²) in [7, 11) is 5.00. The van der Waals surface area contributed by atoms with Crippen molar-refractivity contribution in [3.05, 3.63) is 52.7 Å². The maximum absolute atomic E-state index is 6.27. The summed E-state index contributed by atoms with van der Waals surface area (Å²) in [4.78, 5) is 8.51. The molecule has 9 heteroatoms. The first-order valence-corrected chi connectivity index (χ1v) is 9.37. The molecule has 0 aliphatic carbocycles. The fourth-order valence-corrected chi connectivity index (χ4v) is 2.68. The Balaban J connectivity index is 0.00000420.